The maximum atomic E-state index is 12.6. The number of hydrogen-bond donors (Lipinski definition) is 0. The molecule has 0 fully saturated rings. The summed E-state index contributed by atoms with van der Waals surface area (Å²) in [6.07, 6.45) is 0. The standard InChI is InChI=1S/C21H20N2O6/c1-4-23-20(25)15-8-6-5-7-14(15)19(22-23)21(26)29-12-17(24)16-11-13(27-2)9-10-18(16)28-3/h5-11H,4,12H2,1-3H3. The van der Waals surface area contributed by atoms with Crippen LogP contribution in [-0.4, -0.2) is 42.4 Å². The number of fused-ring (bicyclic) bond motifs is 1. The second-order valence-corrected chi connectivity index (χ2v) is 6.08. The molecule has 0 radical (unpaired) electrons. The lowest BCUT2D eigenvalue weighted by molar-refractivity contribution is 0.0467. The van der Waals surface area contributed by atoms with Crippen molar-refractivity contribution in [1.82, 2.24) is 9.78 Å². The summed E-state index contributed by atoms with van der Waals surface area (Å²) in [5, 5.41) is 4.84. The minimum atomic E-state index is -0.793. The van der Waals surface area contributed by atoms with Gasteiger partial charge in [-0.05, 0) is 31.2 Å². The fraction of sp³-hybridized carbons (Fsp3) is 0.238. The molecule has 0 saturated carbocycles. The minimum Gasteiger partial charge on any atom is -0.497 e. The number of hydrogen-bond acceptors (Lipinski definition) is 7. The van der Waals surface area contributed by atoms with Gasteiger partial charge in [-0.15, -0.1) is 0 Å². The van der Waals surface area contributed by atoms with Crippen LogP contribution in [0.25, 0.3) is 10.8 Å². The highest BCUT2D eigenvalue weighted by Gasteiger charge is 2.20. The molecule has 8 nitrogen and oxygen atoms in total. The topological polar surface area (TPSA) is 96.7 Å². The van der Waals surface area contributed by atoms with Crippen molar-refractivity contribution in [2.75, 3.05) is 20.8 Å². The van der Waals surface area contributed by atoms with Gasteiger partial charge in [-0.1, -0.05) is 18.2 Å². The lowest BCUT2D eigenvalue weighted by Crippen LogP contribution is -2.26. The van der Waals surface area contributed by atoms with E-state index >= 15 is 0 Å². The van der Waals surface area contributed by atoms with Crippen LogP contribution in [0.4, 0.5) is 0 Å². The summed E-state index contributed by atoms with van der Waals surface area (Å²) in [6, 6.07) is 11.4. The average Bonchev–Trinajstić information content (AvgIpc) is 2.77. The van der Waals surface area contributed by atoms with Gasteiger partial charge in [0.15, 0.2) is 12.3 Å². The third-order valence-corrected chi connectivity index (χ3v) is 4.40. The van der Waals surface area contributed by atoms with E-state index in [1.165, 1.54) is 25.0 Å². The third-order valence-electron chi connectivity index (χ3n) is 4.40. The molecule has 0 atom stereocenters. The van der Waals surface area contributed by atoms with Crippen molar-refractivity contribution in [3.63, 3.8) is 0 Å². The Kier molecular flexibility index (Phi) is 5.92. The number of carbonyl (C=O) groups excluding carboxylic acids is 2. The summed E-state index contributed by atoms with van der Waals surface area (Å²) in [7, 11) is 2.92. The number of ketones is 1. The largest absolute Gasteiger partial charge is 0.497 e. The number of methoxy groups -OCH3 is 2. The Hall–Kier alpha value is -3.68. The summed E-state index contributed by atoms with van der Waals surface area (Å²) < 4.78 is 16.7. The third kappa shape index (κ3) is 3.96. The smallest absolute Gasteiger partial charge is 0.359 e. The van der Waals surface area contributed by atoms with Crippen LogP contribution in [0.15, 0.2) is 47.3 Å². The average molecular weight is 396 g/mol. The number of benzene rings is 2. The van der Waals surface area contributed by atoms with E-state index in [0.717, 1.165) is 0 Å². The molecule has 3 aromatic rings. The van der Waals surface area contributed by atoms with E-state index in [4.69, 9.17) is 14.2 Å². The quantitative estimate of drug-likeness (QED) is 0.447. The Morgan fingerprint density at radius 2 is 1.76 bits per heavy atom. The number of aromatic nitrogens is 2. The number of carbonyl (C=O) groups is 2. The minimum absolute atomic E-state index is 0.0209. The van der Waals surface area contributed by atoms with Crippen LogP contribution < -0.4 is 15.0 Å². The molecule has 29 heavy (non-hydrogen) atoms. The number of aryl methyl sites for hydroxylation is 1. The maximum Gasteiger partial charge on any atom is 0.359 e. The van der Waals surface area contributed by atoms with Crippen LogP contribution >= 0.6 is 0 Å². The van der Waals surface area contributed by atoms with Gasteiger partial charge >= 0.3 is 5.97 Å². The first-order valence-electron chi connectivity index (χ1n) is 8.92. The molecular weight excluding hydrogens is 376 g/mol. The first-order chi connectivity index (χ1) is 14.0. The van der Waals surface area contributed by atoms with E-state index in [0.29, 0.717) is 28.8 Å². The molecule has 1 heterocycles. The summed E-state index contributed by atoms with van der Waals surface area (Å²) in [5.74, 6) is -0.432. The van der Waals surface area contributed by atoms with Gasteiger partial charge < -0.3 is 14.2 Å². The number of rotatable bonds is 7. The zero-order chi connectivity index (χ0) is 21.0. The highest BCUT2D eigenvalue weighted by Crippen LogP contribution is 2.24. The van der Waals surface area contributed by atoms with Crippen molar-refractivity contribution < 1.29 is 23.8 Å². The van der Waals surface area contributed by atoms with Gasteiger partial charge in [0.25, 0.3) is 5.56 Å². The van der Waals surface area contributed by atoms with E-state index in [-0.39, 0.29) is 16.8 Å². The zero-order valence-electron chi connectivity index (χ0n) is 16.3. The molecule has 0 saturated heterocycles. The molecule has 2 aromatic carbocycles. The predicted octanol–water partition coefficient (Wildman–Crippen LogP) is 2.47. The molecule has 8 heteroatoms. The molecule has 1 aromatic heterocycles. The van der Waals surface area contributed by atoms with E-state index in [1.807, 2.05) is 0 Å². The van der Waals surface area contributed by atoms with Gasteiger partial charge in [0.05, 0.1) is 25.2 Å². The molecule has 0 amide bonds. The van der Waals surface area contributed by atoms with Crippen molar-refractivity contribution >= 4 is 22.5 Å². The van der Waals surface area contributed by atoms with Crippen molar-refractivity contribution in [2.24, 2.45) is 0 Å². The van der Waals surface area contributed by atoms with Crippen molar-refractivity contribution in [3.05, 3.63) is 64.1 Å². The van der Waals surface area contributed by atoms with Gasteiger partial charge in [0.1, 0.15) is 11.5 Å². The van der Waals surface area contributed by atoms with Crippen LogP contribution in [-0.2, 0) is 11.3 Å². The molecule has 150 valence electrons. The number of nitrogens with zero attached hydrogens (tertiary/aromatic N) is 2. The SMILES string of the molecule is CCn1nc(C(=O)OCC(=O)c2cc(OC)ccc2OC)c2ccccc2c1=O. The number of esters is 1. The van der Waals surface area contributed by atoms with Crippen LogP contribution in [0, 0.1) is 0 Å². The van der Waals surface area contributed by atoms with E-state index in [9.17, 15) is 14.4 Å². The molecule has 3 rings (SSSR count). The van der Waals surface area contributed by atoms with Crippen LogP contribution in [0.1, 0.15) is 27.8 Å². The number of ether oxygens (including phenoxy) is 3. The predicted molar refractivity (Wildman–Crippen MR) is 106 cm³/mol. The first kappa shape index (κ1) is 20.1. The first-order valence-corrected chi connectivity index (χ1v) is 8.92. The summed E-state index contributed by atoms with van der Waals surface area (Å²) in [5.41, 5.74) is -0.0831. The molecule has 0 aliphatic heterocycles. The summed E-state index contributed by atoms with van der Waals surface area (Å²) in [4.78, 5) is 37.6. The molecule has 0 aliphatic rings. The van der Waals surface area contributed by atoms with Crippen molar-refractivity contribution in [1.29, 1.82) is 0 Å². The zero-order valence-corrected chi connectivity index (χ0v) is 16.3. The van der Waals surface area contributed by atoms with Crippen molar-refractivity contribution in [2.45, 2.75) is 13.5 Å². The molecule has 0 unspecified atom stereocenters. The Bertz CT molecular complexity index is 1140. The second-order valence-electron chi connectivity index (χ2n) is 6.08. The van der Waals surface area contributed by atoms with Crippen LogP contribution in [0.2, 0.25) is 0 Å². The van der Waals surface area contributed by atoms with Gasteiger partial charge in [-0.25, -0.2) is 9.48 Å². The summed E-state index contributed by atoms with van der Waals surface area (Å²) >= 11 is 0. The van der Waals surface area contributed by atoms with Gasteiger partial charge in [-0.3, -0.25) is 9.59 Å². The second kappa shape index (κ2) is 8.55. The summed E-state index contributed by atoms with van der Waals surface area (Å²) in [6.45, 7) is 1.53. The molecule has 0 N–H and O–H groups in total. The Morgan fingerprint density at radius 3 is 2.41 bits per heavy atom. The lowest BCUT2D eigenvalue weighted by Gasteiger charge is -2.11. The molecular formula is C21H20N2O6. The molecule has 0 spiro atoms. The van der Waals surface area contributed by atoms with E-state index in [2.05, 4.69) is 5.10 Å². The fourth-order valence-corrected chi connectivity index (χ4v) is 2.91. The Morgan fingerprint density at radius 1 is 1.03 bits per heavy atom. The van der Waals surface area contributed by atoms with Crippen LogP contribution in [0.3, 0.4) is 0 Å². The molecule has 0 bridgehead atoms. The van der Waals surface area contributed by atoms with Crippen LogP contribution in [0.5, 0.6) is 11.5 Å². The Balaban J connectivity index is 1.88. The fourth-order valence-electron chi connectivity index (χ4n) is 2.91. The van der Waals surface area contributed by atoms with E-state index < -0.39 is 18.4 Å². The normalized spacial score (nSPS) is 10.6. The maximum absolute atomic E-state index is 12.6. The molecule has 0 aliphatic carbocycles. The van der Waals surface area contributed by atoms with Crippen molar-refractivity contribution in [3.8, 4) is 11.5 Å². The highest BCUT2D eigenvalue weighted by atomic mass is 16.5. The van der Waals surface area contributed by atoms with E-state index in [1.54, 1.807) is 43.3 Å². The van der Waals surface area contributed by atoms with Gasteiger partial charge in [0, 0.05) is 11.9 Å². The Labute approximate surface area is 166 Å². The highest BCUT2D eigenvalue weighted by molar-refractivity contribution is 6.04. The monoisotopic (exact) mass is 396 g/mol. The number of Topliss-reactive ketones (excluding diaryl/α,β-unsaturated/α-hetero) is 1. The lowest BCUT2D eigenvalue weighted by atomic mass is 10.1. The van der Waals surface area contributed by atoms with Gasteiger partial charge in [0.2, 0.25) is 5.78 Å². The van der Waals surface area contributed by atoms with Gasteiger partial charge in [-0.2, -0.15) is 5.10 Å².